The Hall–Kier alpha value is -2.90. The highest BCUT2D eigenvalue weighted by Gasteiger charge is 2.33. The van der Waals surface area contributed by atoms with Crippen molar-refractivity contribution < 1.29 is 9.53 Å². The highest BCUT2D eigenvalue weighted by molar-refractivity contribution is 8.27. The van der Waals surface area contributed by atoms with Crippen molar-refractivity contribution in [1.82, 2.24) is 4.90 Å². The van der Waals surface area contributed by atoms with Gasteiger partial charge in [0, 0.05) is 6.54 Å². The topological polar surface area (TPSA) is 32.8 Å². The first kappa shape index (κ1) is 28.1. The summed E-state index contributed by atoms with van der Waals surface area (Å²) in [5.74, 6) is 0.704. The summed E-state index contributed by atoms with van der Waals surface area (Å²) in [6.07, 6.45) is 7.53. The molecule has 0 saturated carbocycles. The fourth-order valence-corrected chi connectivity index (χ4v) is 5.87. The van der Waals surface area contributed by atoms with Crippen molar-refractivity contribution in [3.63, 3.8) is 0 Å². The zero-order valence-electron chi connectivity index (χ0n) is 21.1. The number of benzene rings is 3. The molecule has 0 bridgehead atoms. The standard InChI is InChI=1S/C31H30N2O2S2.ClH/c34-30-29(19-18-28(24-10-3-1-4-11-24)25-12-5-2-6-13-25)37-31(36)33(30)26-14-16-27(17-15-26)35-23-9-22-32-20-7-8-21-32;/h1-6,10-19H,7-9,20-23H2;1H/b29-19-;. The summed E-state index contributed by atoms with van der Waals surface area (Å²) in [7, 11) is 0. The number of rotatable bonds is 9. The molecule has 1 amide bonds. The number of allylic oxidation sites excluding steroid dienone is 2. The normalized spacial score (nSPS) is 16.5. The number of hydrogen-bond acceptors (Lipinski definition) is 5. The number of thioether (sulfide) groups is 1. The van der Waals surface area contributed by atoms with Gasteiger partial charge in [-0.2, -0.15) is 0 Å². The zero-order valence-corrected chi connectivity index (χ0v) is 23.6. The molecule has 0 N–H and O–H groups in total. The number of thiocarbonyl (C=S) groups is 1. The van der Waals surface area contributed by atoms with Crippen LogP contribution in [0.15, 0.2) is 102 Å². The maximum atomic E-state index is 13.3. The molecule has 0 aliphatic carbocycles. The Kier molecular flexibility index (Phi) is 10.2. The summed E-state index contributed by atoms with van der Waals surface area (Å²) >= 11 is 6.92. The maximum absolute atomic E-state index is 13.3. The number of halogens is 1. The van der Waals surface area contributed by atoms with Crippen molar-refractivity contribution in [2.45, 2.75) is 19.3 Å². The van der Waals surface area contributed by atoms with Crippen LogP contribution in [0.1, 0.15) is 30.4 Å². The molecule has 196 valence electrons. The van der Waals surface area contributed by atoms with Gasteiger partial charge in [0.2, 0.25) is 0 Å². The average Bonchev–Trinajstić information content (AvgIpc) is 3.56. The van der Waals surface area contributed by atoms with E-state index in [1.807, 2.05) is 72.8 Å². The SMILES string of the molecule is Cl.O=C1/C(=C/C=C(c2ccccc2)c2ccccc2)SC(=S)N1c1ccc(OCCCN2CCCC2)cc1. The van der Waals surface area contributed by atoms with E-state index in [4.69, 9.17) is 17.0 Å². The van der Waals surface area contributed by atoms with E-state index >= 15 is 0 Å². The first-order chi connectivity index (χ1) is 18.2. The molecule has 2 aliphatic rings. The molecule has 0 atom stereocenters. The molecule has 3 aromatic rings. The van der Waals surface area contributed by atoms with E-state index in [9.17, 15) is 4.79 Å². The fraction of sp³-hybridized carbons (Fsp3) is 0.226. The van der Waals surface area contributed by atoms with Gasteiger partial charge >= 0.3 is 0 Å². The van der Waals surface area contributed by atoms with Crippen LogP contribution in [0.25, 0.3) is 5.57 Å². The predicted molar refractivity (Wildman–Crippen MR) is 165 cm³/mol. The van der Waals surface area contributed by atoms with Crippen molar-refractivity contribution in [1.29, 1.82) is 0 Å². The molecule has 2 fully saturated rings. The average molecular weight is 563 g/mol. The lowest BCUT2D eigenvalue weighted by atomic mass is 9.97. The summed E-state index contributed by atoms with van der Waals surface area (Å²) in [5, 5.41) is 0. The van der Waals surface area contributed by atoms with Gasteiger partial charge in [-0.3, -0.25) is 9.69 Å². The number of anilines is 1. The predicted octanol–water partition coefficient (Wildman–Crippen LogP) is 7.35. The molecule has 2 aliphatic heterocycles. The van der Waals surface area contributed by atoms with E-state index in [0.717, 1.165) is 41.1 Å². The number of ether oxygens (including phenoxy) is 1. The summed E-state index contributed by atoms with van der Waals surface area (Å²) in [4.78, 5) is 18.0. The van der Waals surface area contributed by atoms with Crippen molar-refractivity contribution >= 4 is 57.9 Å². The van der Waals surface area contributed by atoms with Crippen LogP contribution in [0.5, 0.6) is 5.75 Å². The highest BCUT2D eigenvalue weighted by atomic mass is 35.5. The van der Waals surface area contributed by atoms with Crippen LogP contribution in [0.4, 0.5) is 5.69 Å². The second-order valence-electron chi connectivity index (χ2n) is 9.10. The van der Waals surface area contributed by atoms with Gasteiger partial charge in [0.25, 0.3) is 5.91 Å². The minimum absolute atomic E-state index is 0. The number of nitrogens with zero attached hydrogens (tertiary/aromatic N) is 2. The zero-order chi connectivity index (χ0) is 25.5. The summed E-state index contributed by atoms with van der Waals surface area (Å²) < 4.78 is 6.45. The lowest BCUT2D eigenvalue weighted by Crippen LogP contribution is -2.27. The minimum atomic E-state index is -0.106. The molecule has 5 rings (SSSR count). The summed E-state index contributed by atoms with van der Waals surface area (Å²) in [5.41, 5.74) is 4.00. The van der Waals surface area contributed by atoms with Crippen LogP contribution in [-0.2, 0) is 4.79 Å². The lowest BCUT2D eigenvalue weighted by molar-refractivity contribution is -0.113. The van der Waals surface area contributed by atoms with Gasteiger partial charge < -0.3 is 9.64 Å². The second-order valence-corrected chi connectivity index (χ2v) is 10.8. The van der Waals surface area contributed by atoms with Crippen LogP contribution in [0.3, 0.4) is 0 Å². The third-order valence-electron chi connectivity index (χ3n) is 6.55. The summed E-state index contributed by atoms with van der Waals surface area (Å²) in [6.45, 7) is 4.20. The van der Waals surface area contributed by atoms with Gasteiger partial charge in [-0.15, -0.1) is 12.4 Å². The van der Waals surface area contributed by atoms with Crippen LogP contribution in [0, 0.1) is 0 Å². The van der Waals surface area contributed by atoms with Gasteiger partial charge in [-0.05, 0) is 79.4 Å². The monoisotopic (exact) mass is 562 g/mol. The van der Waals surface area contributed by atoms with Crippen LogP contribution >= 0.6 is 36.4 Å². The van der Waals surface area contributed by atoms with Crippen molar-refractivity contribution in [2.75, 3.05) is 31.1 Å². The van der Waals surface area contributed by atoms with Gasteiger partial charge in [-0.1, -0.05) is 90.7 Å². The van der Waals surface area contributed by atoms with Gasteiger partial charge in [0.15, 0.2) is 4.32 Å². The van der Waals surface area contributed by atoms with E-state index in [0.29, 0.717) is 15.8 Å². The van der Waals surface area contributed by atoms with Crippen molar-refractivity contribution in [3.8, 4) is 5.75 Å². The molecule has 2 heterocycles. The number of carbonyl (C=O) groups is 1. The molecule has 0 unspecified atom stereocenters. The first-order valence-corrected chi connectivity index (χ1v) is 14.0. The second kappa shape index (κ2) is 13.8. The molecular formula is C31H31ClN2O2S2. The molecule has 2 saturated heterocycles. The van der Waals surface area contributed by atoms with Gasteiger partial charge in [-0.25, -0.2) is 0 Å². The lowest BCUT2D eigenvalue weighted by Gasteiger charge is -2.16. The quantitative estimate of drug-likeness (QED) is 0.155. The molecule has 0 aromatic heterocycles. The Balaban J connectivity index is 0.00000336. The van der Waals surface area contributed by atoms with E-state index in [1.54, 1.807) is 4.90 Å². The van der Waals surface area contributed by atoms with E-state index < -0.39 is 0 Å². The Bertz CT molecular complexity index is 1250. The molecule has 0 radical (unpaired) electrons. The number of hydrogen-bond donors (Lipinski definition) is 0. The van der Waals surface area contributed by atoms with E-state index in [-0.39, 0.29) is 18.3 Å². The maximum Gasteiger partial charge on any atom is 0.270 e. The molecule has 38 heavy (non-hydrogen) atoms. The minimum Gasteiger partial charge on any atom is -0.494 e. The Morgan fingerprint density at radius 2 is 1.50 bits per heavy atom. The molecular weight excluding hydrogens is 532 g/mol. The third-order valence-corrected chi connectivity index (χ3v) is 7.87. The third kappa shape index (κ3) is 6.94. The Morgan fingerprint density at radius 3 is 2.11 bits per heavy atom. The van der Waals surface area contributed by atoms with Crippen LogP contribution < -0.4 is 9.64 Å². The van der Waals surface area contributed by atoms with E-state index in [1.165, 1.54) is 37.7 Å². The number of amides is 1. The van der Waals surface area contributed by atoms with Gasteiger partial charge in [0.05, 0.1) is 17.2 Å². The largest absolute Gasteiger partial charge is 0.494 e. The highest BCUT2D eigenvalue weighted by Crippen LogP contribution is 2.36. The van der Waals surface area contributed by atoms with Crippen molar-refractivity contribution in [3.05, 3.63) is 113 Å². The smallest absolute Gasteiger partial charge is 0.270 e. The molecule has 4 nitrogen and oxygen atoms in total. The van der Waals surface area contributed by atoms with Crippen LogP contribution in [0.2, 0.25) is 0 Å². The number of likely N-dealkylation sites (tertiary alicyclic amines) is 1. The molecule has 0 spiro atoms. The van der Waals surface area contributed by atoms with Crippen LogP contribution in [-0.4, -0.2) is 41.4 Å². The molecule has 7 heteroatoms. The Morgan fingerprint density at radius 1 is 0.895 bits per heavy atom. The molecule has 3 aromatic carbocycles. The van der Waals surface area contributed by atoms with Gasteiger partial charge in [0.1, 0.15) is 5.75 Å². The first-order valence-electron chi connectivity index (χ1n) is 12.7. The van der Waals surface area contributed by atoms with E-state index in [2.05, 4.69) is 29.2 Å². The summed E-state index contributed by atoms with van der Waals surface area (Å²) in [6, 6.07) is 28.0. The Labute approximate surface area is 240 Å². The fourth-order valence-electron chi connectivity index (χ4n) is 4.63. The number of carbonyl (C=O) groups excluding carboxylic acids is 1. The van der Waals surface area contributed by atoms with Crippen molar-refractivity contribution in [2.24, 2.45) is 0 Å².